The van der Waals surface area contributed by atoms with Crippen molar-refractivity contribution in [3.8, 4) is 6.07 Å². The molecule has 2 aliphatic heterocycles. The van der Waals surface area contributed by atoms with Gasteiger partial charge in [-0.1, -0.05) is 35.7 Å². The summed E-state index contributed by atoms with van der Waals surface area (Å²) in [7, 11) is 0. The van der Waals surface area contributed by atoms with Crippen LogP contribution in [0.15, 0.2) is 24.4 Å². The number of anilines is 1. The van der Waals surface area contributed by atoms with Crippen LogP contribution in [0.1, 0.15) is 49.9 Å². The first-order valence-corrected chi connectivity index (χ1v) is 13.0. The third-order valence-corrected chi connectivity index (χ3v) is 7.95. The van der Waals surface area contributed by atoms with Gasteiger partial charge in [-0.25, -0.2) is 14.6 Å². The molecule has 8 nitrogen and oxygen atoms in total. The number of aliphatic hydroxyl groups is 1. The zero-order valence-electron chi connectivity index (χ0n) is 20.1. The fraction of sp³-hybridized carbons (Fsp3) is 0.520. The number of nitriles is 1. The summed E-state index contributed by atoms with van der Waals surface area (Å²) in [5, 5.41) is 25.4. The van der Waals surface area contributed by atoms with Crippen molar-refractivity contribution in [2.75, 3.05) is 37.7 Å². The molecule has 2 fully saturated rings. The summed E-state index contributed by atoms with van der Waals surface area (Å²) in [6.45, 7) is 5.91. The van der Waals surface area contributed by atoms with E-state index in [0.29, 0.717) is 27.3 Å². The molecule has 1 aromatic carbocycles. The minimum Gasteiger partial charge on any atom is -0.396 e. The van der Waals surface area contributed by atoms with Crippen LogP contribution in [0.2, 0.25) is 10.0 Å². The van der Waals surface area contributed by atoms with E-state index in [0.717, 1.165) is 44.0 Å². The van der Waals surface area contributed by atoms with Gasteiger partial charge in [0.15, 0.2) is 11.3 Å². The lowest BCUT2D eigenvalue weighted by Crippen LogP contribution is -2.53. The zero-order valence-corrected chi connectivity index (χ0v) is 22.5. The van der Waals surface area contributed by atoms with Crippen LogP contribution in [0.25, 0.3) is 11.2 Å². The molecule has 2 saturated heterocycles. The molecule has 11 heteroatoms. The van der Waals surface area contributed by atoms with Gasteiger partial charge in [-0.15, -0.1) is 12.4 Å². The lowest BCUT2D eigenvalue weighted by molar-refractivity contribution is 0.0676. The van der Waals surface area contributed by atoms with Gasteiger partial charge in [0.2, 0.25) is 0 Å². The van der Waals surface area contributed by atoms with E-state index in [1.807, 2.05) is 13.0 Å². The summed E-state index contributed by atoms with van der Waals surface area (Å²) in [5.41, 5.74) is 2.07. The highest BCUT2D eigenvalue weighted by Gasteiger charge is 2.34. The first-order chi connectivity index (χ1) is 17.0. The Labute approximate surface area is 227 Å². The largest absolute Gasteiger partial charge is 0.396 e. The molecular weight excluding hydrogens is 521 g/mol. The average molecular weight is 551 g/mol. The third kappa shape index (κ3) is 5.13. The van der Waals surface area contributed by atoms with Gasteiger partial charge in [-0.2, -0.15) is 10.4 Å². The van der Waals surface area contributed by atoms with Crippen LogP contribution in [-0.4, -0.2) is 68.6 Å². The number of benzene rings is 1. The molecule has 0 amide bonds. The fourth-order valence-corrected chi connectivity index (χ4v) is 6.07. The van der Waals surface area contributed by atoms with Crippen molar-refractivity contribution in [2.45, 2.75) is 44.7 Å². The van der Waals surface area contributed by atoms with E-state index in [4.69, 9.17) is 28.2 Å². The Morgan fingerprint density at radius 3 is 2.67 bits per heavy atom. The van der Waals surface area contributed by atoms with Crippen molar-refractivity contribution < 1.29 is 5.11 Å². The van der Waals surface area contributed by atoms with E-state index in [1.54, 1.807) is 23.0 Å². The molecule has 2 aromatic heterocycles. The number of aromatic nitrogens is 4. The molecule has 1 N–H and O–H groups in total. The summed E-state index contributed by atoms with van der Waals surface area (Å²) in [5.74, 6) is 0.888. The second-order valence-corrected chi connectivity index (χ2v) is 10.3. The van der Waals surface area contributed by atoms with Crippen LogP contribution >= 0.6 is 35.6 Å². The predicted molar refractivity (Wildman–Crippen MR) is 144 cm³/mol. The highest BCUT2D eigenvalue weighted by atomic mass is 35.5. The number of halogens is 3. The average Bonchev–Trinajstić information content (AvgIpc) is 3.26. The first kappa shape index (κ1) is 26.9. The summed E-state index contributed by atoms with van der Waals surface area (Å²) in [6, 6.07) is 7.61. The molecule has 0 radical (unpaired) electrons. The van der Waals surface area contributed by atoms with Crippen molar-refractivity contribution >= 4 is 52.6 Å². The number of rotatable bonds is 5. The number of aliphatic hydroxyl groups excluding tert-OH is 1. The maximum absolute atomic E-state index is 10.2. The van der Waals surface area contributed by atoms with Crippen molar-refractivity contribution in [3.05, 3.63) is 45.7 Å². The molecule has 0 bridgehead atoms. The Morgan fingerprint density at radius 2 is 1.97 bits per heavy atom. The lowest BCUT2D eigenvalue weighted by Gasteiger charge is -2.45. The normalized spacial score (nSPS) is 21.7. The fourth-order valence-electron chi connectivity index (χ4n) is 5.51. The standard InChI is InChI=1S/C25H29Cl2N7O.ClH/c1-16(19-6-5-18(26)11-20(19)27)34-25-24(21(12-28)31-34)29-13-23(30-25)33-10-7-22(17(14-33)15-35)32-8-3-2-4-9-32;/h5-6,11,13,16-17,22,35H,2-4,7-10,14-15H2,1H3;1H/t16-,17-,22-;/m1./s1. The Morgan fingerprint density at radius 1 is 1.19 bits per heavy atom. The summed E-state index contributed by atoms with van der Waals surface area (Å²) >= 11 is 12.5. The molecule has 192 valence electrons. The summed E-state index contributed by atoms with van der Waals surface area (Å²) in [6.07, 6.45) is 6.46. The predicted octanol–water partition coefficient (Wildman–Crippen LogP) is 4.71. The second-order valence-electron chi connectivity index (χ2n) is 9.49. The van der Waals surface area contributed by atoms with Crippen molar-refractivity contribution in [1.82, 2.24) is 24.6 Å². The number of nitrogens with zero attached hydrogens (tertiary/aromatic N) is 7. The van der Waals surface area contributed by atoms with E-state index in [9.17, 15) is 10.4 Å². The molecule has 3 atom stereocenters. The molecule has 5 rings (SSSR count). The minimum atomic E-state index is -0.274. The van der Waals surface area contributed by atoms with E-state index < -0.39 is 0 Å². The number of hydrogen-bond acceptors (Lipinski definition) is 7. The van der Waals surface area contributed by atoms with Gasteiger partial charge in [0, 0.05) is 41.7 Å². The van der Waals surface area contributed by atoms with Gasteiger partial charge in [0.05, 0.1) is 12.2 Å². The summed E-state index contributed by atoms with van der Waals surface area (Å²) in [4.78, 5) is 14.2. The molecule has 3 aromatic rings. The Hall–Kier alpha value is -2.15. The van der Waals surface area contributed by atoms with Gasteiger partial charge in [-0.3, -0.25) is 4.90 Å². The molecule has 0 spiro atoms. The van der Waals surface area contributed by atoms with E-state index >= 15 is 0 Å². The Kier molecular flexibility index (Phi) is 8.59. The maximum Gasteiger partial charge on any atom is 0.190 e. The number of likely N-dealkylation sites (tertiary alicyclic amines) is 1. The molecule has 4 heterocycles. The van der Waals surface area contributed by atoms with Gasteiger partial charge in [0.25, 0.3) is 0 Å². The third-order valence-electron chi connectivity index (χ3n) is 7.39. The Balaban J connectivity index is 0.00000304. The van der Waals surface area contributed by atoms with Crippen LogP contribution in [0.5, 0.6) is 0 Å². The van der Waals surface area contributed by atoms with E-state index in [2.05, 4.69) is 26.0 Å². The summed E-state index contributed by atoms with van der Waals surface area (Å²) < 4.78 is 1.71. The van der Waals surface area contributed by atoms with Gasteiger partial charge < -0.3 is 10.0 Å². The second kappa shape index (κ2) is 11.5. The quantitative estimate of drug-likeness (QED) is 0.492. The van der Waals surface area contributed by atoms with Crippen LogP contribution in [0, 0.1) is 17.2 Å². The zero-order chi connectivity index (χ0) is 24.5. The van der Waals surface area contributed by atoms with E-state index in [-0.39, 0.29) is 36.7 Å². The molecule has 2 aliphatic rings. The lowest BCUT2D eigenvalue weighted by atomic mass is 9.90. The van der Waals surface area contributed by atoms with E-state index in [1.165, 1.54) is 19.3 Å². The Bertz CT molecular complexity index is 1250. The number of fused-ring (bicyclic) bond motifs is 1. The van der Waals surface area contributed by atoms with Gasteiger partial charge >= 0.3 is 0 Å². The van der Waals surface area contributed by atoms with Gasteiger partial charge in [-0.05, 0) is 57.0 Å². The number of hydrogen-bond donors (Lipinski definition) is 1. The minimum absolute atomic E-state index is 0. The SMILES string of the molecule is C[C@H](c1ccc(Cl)cc1Cl)n1nc(C#N)c2ncc(N3CC[C@@H](N4CCCCC4)[C@@H](CO)C3)nc21.Cl. The maximum atomic E-state index is 10.2. The van der Waals surface area contributed by atoms with Crippen LogP contribution in [-0.2, 0) is 0 Å². The molecule has 36 heavy (non-hydrogen) atoms. The molecular formula is C25H30Cl3N7O. The molecule has 0 unspecified atom stereocenters. The van der Waals surface area contributed by atoms with Crippen LogP contribution in [0.3, 0.4) is 0 Å². The molecule has 0 aliphatic carbocycles. The van der Waals surface area contributed by atoms with Crippen LogP contribution in [0.4, 0.5) is 5.82 Å². The first-order valence-electron chi connectivity index (χ1n) is 12.2. The highest BCUT2D eigenvalue weighted by molar-refractivity contribution is 6.35. The van der Waals surface area contributed by atoms with Crippen molar-refractivity contribution in [2.24, 2.45) is 5.92 Å². The smallest absolute Gasteiger partial charge is 0.190 e. The van der Waals surface area contributed by atoms with Crippen molar-refractivity contribution in [1.29, 1.82) is 5.26 Å². The number of piperidine rings is 2. The molecule has 0 saturated carbocycles. The topological polar surface area (TPSA) is 94.1 Å². The van der Waals surface area contributed by atoms with Crippen molar-refractivity contribution in [3.63, 3.8) is 0 Å². The van der Waals surface area contributed by atoms with Crippen LogP contribution < -0.4 is 4.90 Å². The monoisotopic (exact) mass is 549 g/mol. The van der Waals surface area contributed by atoms with Gasteiger partial charge in [0.1, 0.15) is 17.4 Å². The highest BCUT2D eigenvalue weighted by Crippen LogP contribution is 2.32.